The van der Waals surface area contributed by atoms with Gasteiger partial charge in [-0.15, -0.1) is 0 Å². The zero-order valence-corrected chi connectivity index (χ0v) is 28.0. The van der Waals surface area contributed by atoms with E-state index in [0.717, 1.165) is 17.1 Å². The van der Waals surface area contributed by atoms with E-state index in [9.17, 15) is 0 Å². The molecule has 0 atom stereocenters. The molecule has 0 aliphatic carbocycles. The molecule has 0 unspecified atom stereocenters. The number of nitrogens with zero attached hydrogens (tertiary/aromatic N) is 1. The van der Waals surface area contributed by atoms with E-state index < -0.39 is 0 Å². The molecule has 1 aromatic heterocycles. The van der Waals surface area contributed by atoms with Crippen molar-refractivity contribution in [2.75, 3.05) is 4.90 Å². The van der Waals surface area contributed by atoms with Crippen molar-refractivity contribution in [2.45, 2.75) is 0 Å². The van der Waals surface area contributed by atoms with Crippen molar-refractivity contribution >= 4 is 61.6 Å². The summed E-state index contributed by atoms with van der Waals surface area (Å²) in [5, 5.41) is 5.48. The van der Waals surface area contributed by atoms with E-state index in [1.54, 1.807) is 0 Å². The Hall–Kier alpha value is -5.66. The molecule has 48 heavy (non-hydrogen) atoms. The summed E-state index contributed by atoms with van der Waals surface area (Å²) in [5.74, 6) is 0. The third kappa shape index (κ3) is 5.04. The second-order valence-electron chi connectivity index (χ2n) is 12.1. The quantitative estimate of drug-likeness (QED) is 0.159. The minimum absolute atomic E-state index is 0.323. The minimum atomic E-state index is 0.323. The molecule has 0 aliphatic rings. The summed E-state index contributed by atoms with van der Waals surface area (Å²) in [5.41, 5.74) is 10.7. The van der Waals surface area contributed by atoms with Gasteiger partial charge in [0.05, 0.1) is 0 Å². The zero-order valence-electron chi connectivity index (χ0n) is 26.3. The summed E-state index contributed by atoms with van der Waals surface area (Å²) in [4.78, 5) is 2.38. The van der Waals surface area contributed by atoms with Gasteiger partial charge in [-0.2, -0.15) is 0 Å². The summed E-state index contributed by atoms with van der Waals surface area (Å²) in [6, 6.07) is 68.4. The van der Waals surface area contributed by atoms with E-state index in [-0.39, 0.29) is 0 Å². The number of hydrogen-bond donors (Lipinski definition) is 0. The second-order valence-corrected chi connectivity index (χ2v) is 14.3. The first-order valence-electron chi connectivity index (χ1n) is 16.4. The monoisotopic (exact) mass is 677 g/mol. The van der Waals surface area contributed by atoms with Crippen molar-refractivity contribution in [2.24, 2.45) is 0 Å². The maximum absolute atomic E-state index is 2.38. The first-order valence-corrected chi connectivity index (χ1v) is 18.1. The van der Waals surface area contributed by atoms with Crippen LogP contribution in [0.3, 0.4) is 0 Å². The van der Waals surface area contributed by atoms with E-state index in [4.69, 9.17) is 0 Å². The summed E-state index contributed by atoms with van der Waals surface area (Å²) in [7, 11) is 0. The van der Waals surface area contributed by atoms with Crippen LogP contribution >= 0.6 is 0 Å². The molecule has 0 radical (unpaired) electrons. The average molecular weight is 677 g/mol. The van der Waals surface area contributed by atoms with Gasteiger partial charge >= 0.3 is 216 Å². The third-order valence-corrected chi connectivity index (χ3v) is 11.8. The van der Waals surface area contributed by atoms with Crippen LogP contribution in [-0.4, -0.2) is 14.5 Å². The van der Waals surface area contributed by atoms with Crippen LogP contribution in [0.1, 0.15) is 0 Å². The normalized spacial score (nSPS) is 11.3. The molecule has 0 saturated carbocycles. The minimum Gasteiger partial charge on any atom is -0.0617 e. The van der Waals surface area contributed by atoms with Gasteiger partial charge in [0.15, 0.2) is 0 Å². The van der Waals surface area contributed by atoms with Crippen molar-refractivity contribution in [1.82, 2.24) is 0 Å². The molecule has 226 valence electrons. The van der Waals surface area contributed by atoms with Gasteiger partial charge in [-0.1, -0.05) is 60.7 Å². The zero-order chi connectivity index (χ0) is 31.9. The Morgan fingerprint density at radius 1 is 0.354 bits per heavy atom. The Morgan fingerprint density at radius 2 is 0.938 bits per heavy atom. The molecular weight excluding hydrogens is 645 g/mol. The van der Waals surface area contributed by atoms with Crippen LogP contribution in [-0.2, 0) is 0 Å². The van der Waals surface area contributed by atoms with Gasteiger partial charge < -0.3 is 0 Å². The Kier molecular flexibility index (Phi) is 7.24. The van der Waals surface area contributed by atoms with E-state index >= 15 is 0 Å². The second kappa shape index (κ2) is 12.2. The maximum atomic E-state index is 2.38. The van der Waals surface area contributed by atoms with Crippen molar-refractivity contribution in [1.29, 1.82) is 0 Å². The fourth-order valence-corrected chi connectivity index (χ4v) is 9.58. The molecule has 0 spiro atoms. The summed E-state index contributed by atoms with van der Waals surface area (Å²) in [6.07, 6.45) is 0. The summed E-state index contributed by atoms with van der Waals surface area (Å²) in [6.45, 7) is 0. The predicted octanol–water partition coefficient (Wildman–Crippen LogP) is 12.7. The smallest absolute Gasteiger partial charge is 0.0617 e. The first kappa shape index (κ1) is 28.6. The molecule has 0 bridgehead atoms. The Labute approximate surface area is 286 Å². The van der Waals surface area contributed by atoms with Crippen molar-refractivity contribution in [3.8, 4) is 33.4 Å². The van der Waals surface area contributed by atoms with Crippen LogP contribution in [0.4, 0.5) is 17.1 Å². The van der Waals surface area contributed by atoms with E-state index in [1.165, 1.54) is 63.4 Å². The first-order chi connectivity index (χ1) is 23.8. The van der Waals surface area contributed by atoms with Crippen LogP contribution in [0.15, 0.2) is 188 Å². The van der Waals surface area contributed by atoms with Crippen molar-refractivity contribution < 1.29 is 0 Å². The Bertz CT molecular complexity index is 2550. The standard InChI is InChI=1S/C46H31NSe/c1-3-13-32(14-4-1)33-23-27-37(28-24-33)47(36-15-5-2-6-16-36)44-21-11-9-19-41(44)40-18-8-7-17-38(40)34-25-29-39-35(31-34)26-30-43-42-20-10-12-22-45(42)48-46(39)43/h1-31H. The number of anilines is 3. The van der Waals surface area contributed by atoms with Crippen LogP contribution in [0, 0.1) is 0 Å². The summed E-state index contributed by atoms with van der Waals surface area (Å²) >= 11 is 0.323. The third-order valence-electron chi connectivity index (χ3n) is 9.28. The SMILES string of the molecule is c1ccc(-c2ccc(N(c3ccccc3)c3ccccc3-c3ccccc3-c3ccc4c(ccc5c6ccccc6[se]c45)c3)cc2)cc1. The van der Waals surface area contributed by atoms with Gasteiger partial charge in [-0.05, 0) is 11.1 Å². The van der Waals surface area contributed by atoms with E-state index in [2.05, 4.69) is 193 Å². The van der Waals surface area contributed by atoms with Gasteiger partial charge in [-0.25, -0.2) is 0 Å². The van der Waals surface area contributed by atoms with Crippen molar-refractivity contribution in [3.05, 3.63) is 188 Å². The van der Waals surface area contributed by atoms with Crippen LogP contribution in [0.5, 0.6) is 0 Å². The molecule has 0 aliphatic heterocycles. The number of para-hydroxylation sites is 2. The van der Waals surface area contributed by atoms with Gasteiger partial charge in [0, 0.05) is 0 Å². The van der Waals surface area contributed by atoms with Gasteiger partial charge in [-0.3, -0.25) is 0 Å². The molecular formula is C46H31NSe. The predicted molar refractivity (Wildman–Crippen MR) is 207 cm³/mol. The number of fused-ring (bicyclic) bond motifs is 5. The molecule has 8 aromatic carbocycles. The molecule has 0 N–H and O–H groups in total. The van der Waals surface area contributed by atoms with Gasteiger partial charge in [0.1, 0.15) is 0 Å². The van der Waals surface area contributed by atoms with Crippen LogP contribution < -0.4 is 4.90 Å². The molecule has 0 fully saturated rings. The van der Waals surface area contributed by atoms with Gasteiger partial charge in [0.25, 0.3) is 0 Å². The summed E-state index contributed by atoms with van der Waals surface area (Å²) < 4.78 is 2.99. The average Bonchev–Trinajstić information content (AvgIpc) is 3.55. The van der Waals surface area contributed by atoms with Gasteiger partial charge in [0.2, 0.25) is 0 Å². The Morgan fingerprint density at radius 3 is 1.75 bits per heavy atom. The fourth-order valence-electron chi connectivity index (χ4n) is 6.98. The molecule has 0 amide bonds. The van der Waals surface area contributed by atoms with Crippen LogP contribution in [0.25, 0.3) is 63.4 Å². The molecule has 1 heterocycles. The number of rotatable bonds is 6. The van der Waals surface area contributed by atoms with Crippen LogP contribution in [0.2, 0.25) is 0 Å². The van der Waals surface area contributed by atoms with E-state index in [0.29, 0.717) is 14.5 Å². The Balaban J connectivity index is 1.18. The number of hydrogen-bond acceptors (Lipinski definition) is 1. The topological polar surface area (TPSA) is 3.24 Å². The fraction of sp³-hybridized carbons (Fsp3) is 0. The molecule has 9 aromatic rings. The molecule has 9 rings (SSSR count). The van der Waals surface area contributed by atoms with E-state index in [1.807, 2.05) is 0 Å². The number of benzene rings is 8. The molecule has 2 heteroatoms. The van der Waals surface area contributed by atoms with Crippen molar-refractivity contribution in [3.63, 3.8) is 0 Å². The molecule has 0 saturated heterocycles. The molecule has 1 nitrogen and oxygen atoms in total.